The van der Waals surface area contributed by atoms with Gasteiger partial charge in [-0.3, -0.25) is 14.4 Å². The molecular formula is C33H34ClFN6O4. The van der Waals surface area contributed by atoms with Crippen LogP contribution in [0.25, 0.3) is 16.9 Å². The van der Waals surface area contributed by atoms with E-state index in [-0.39, 0.29) is 34.0 Å². The molecule has 0 radical (unpaired) electrons. The van der Waals surface area contributed by atoms with E-state index >= 15 is 0 Å². The number of anilines is 2. The number of nitrogens with one attached hydrogen (secondary N) is 3. The van der Waals surface area contributed by atoms with Crippen LogP contribution in [0.3, 0.4) is 0 Å². The van der Waals surface area contributed by atoms with Crippen molar-refractivity contribution in [3.63, 3.8) is 0 Å². The van der Waals surface area contributed by atoms with E-state index in [1.165, 1.54) is 30.1 Å². The number of amides is 3. The van der Waals surface area contributed by atoms with E-state index in [1.807, 2.05) is 13.0 Å². The van der Waals surface area contributed by atoms with Gasteiger partial charge < -0.3 is 20.7 Å². The number of carbonyl (C=O) groups excluding carboxylic acids is 3. The minimum atomic E-state index is -0.633. The SMILES string of the molecule is CCC(=O)Nc1ccc2c(c1)NC(=O)[C@@H](C)CCC[C@H](NC(=O)c1cnn(-c3cccc(Cl)c3F)c1C)c1cc(OC)nc-2c1. The first-order chi connectivity index (χ1) is 21.6. The predicted molar refractivity (Wildman–Crippen MR) is 170 cm³/mol. The van der Waals surface area contributed by atoms with Crippen molar-refractivity contribution in [1.29, 1.82) is 0 Å². The lowest BCUT2D eigenvalue weighted by atomic mass is 9.94. The van der Waals surface area contributed by atoms with Gasteiger partial charge in [0, 0.05) is 29.7 Å². The fourth-order valence-electron chi connectivity index (χ4n) is 5.27. The summed E-state index contributed by atoms with van der Waals surface area (Å²) in [6.07, 6.45) is 3.44. The second-order valence-corrected chi connectivity index (χ2v) is 11.4. The Kier molecular flexibility index (Phi) is 9.48. The zero-order chi connectivity index (χ0) is 32.2. The lowest BCUT2D eigenvalue weighted by molar-refractivity contribution is -0.119. The van der Waals surface area contributed by atoms with Gasteiger partial charge in [0.15, 0.2) is 5.82 Å². The van der Waals surface area contributed by atoms with Crippen LogP contribution in [-0.4, -0.2) is 39.6 Å². The maximum absolute atomic E-state index is 14.8. The Bertz CT molecular complexity index is 1770. The van der Waals surface area contributed by atoms with E-state index in [0.717, 1.165) is 5.56 Å². The summed E-state index contributed by atoms with van der Waals surface area (Å²) >= 11 is 5.98. The lowest BCUT2D eigenvalue weighted by Crippen LogP contribution is -2.29. The molecule has 3 N–H and O–H groups in total. The molecule has 2 aromatic carbocycles. The molecule has 10 nitrogen and oxygen atoms in total. The molecule has 4 aromatic rings. The number of rotatable bonds is 6. The highest BCUT2D eigenvalue weighted by atomic mass is 35.5. The van der Waals surface area contributed by atoms with Gasteiger partial charge >= 0.3 is 0 Å². The molecule has 0 spiro atoms. The highest BCUT2D eigenvalue weighted by Crippen LogP contribution is 2.35. The normalized spacial score (nSPS) is 16.4. The van der Waals surface area contributed by atoms with Crippen molar-refractivity contribution in [2.45, 2.75) is 52.5 Å². The fourth-order valence-corrected chi connectivity index (χ4v) is 5.44. The van der Waals surface area contributed by atoms with E-state index in [0.29, 0.717) is 59.9 Å². The van der Waals surface area contributed by atoms with E-state index in [2.05, 4.69) is 26.0 Å². The third-order valence-corrected chi connectivity index (χ3v) is 8.18. The van der Waals surface area contributed by atoms with Crippen LogP contribution in [0, 0.1) is 18.7 Å². The summed E-state index contributed by atoms with van der Waals surface area (Å²) in [4.78, 5) is 43.6. The van der Waals surface area contributed by atoms with Gasteiger partial charge in [-0.1, -0.05) is 37.9 Å². The standard InChI is InChI=1S/C33H34ClFN6O4/c1-5-29(42)37-21-12-13-22-26-14-20(15-30(38-26)45-4)25(10-6-8-18(2)32(43)40-27(22)16-21)39-33(44)23-17-36-41(19(23)3)28-11-7-9-24(34)31(28)35/h7,9,11-18,25H,5-6,8,10H2,1-4H3,(H,37,42)(H,39,44)(H,40,43)/t18-,25-/m0/s1. The largest absolute Gasteiger partial charge is 0.481 e. The van der Waals surface area contributed by atoms with Gasteiger partial charge in [0.2, 0.25) is 17.7 Å². The molecule has 0 fully saturated rings. The maximum atomic E-state index is 14.8. The summed E-state index contributed by atoms with van der Waals surface area (Å²) in [6.45, 7) is 5.30. The second kappa shape index (κ2) is 13.5. The van der Waals surface area contributed by atoms with Gasteiger partial charge in [-0.2, -0.15) is 5.10 Å². The smallest absolute Gasteiger partial charge is 0.255 e. The molecule has 12 heteroatoms. The molecule has 2 atom stereocenters. The van der Waals surface area contributed by atoms with Crippen molar-refractivity contribution in [2.24, 2.45) is 5.92 Å². The third-order valence-electron chi connectivity index (χ3n) is 7.89. The van der Waals surface area contributed by atoms with E-state index in [1.54, 1.807) is 44.2 Å². The molecule has 1 aliphatic heterocycles. The molecule has 45 heavy (non-hydrogen) atoms. The molecule has 0 unspecified atom stereocenters. The Labute approximate surface area is 265 Å². The Morgan fingerprint density at radius 1 is 1.18 bits per heavy atom. The predicted octanol–water partition coefficient (Wildman–Crippen LogP) is 6.62. The van der Waals surface area contributed by atoms with Crippen LogP contribution in [0.1, 0.15) is 67.2 Å². The summed E-state index contributed by atoms with van der Waals surface area (Å²) in [5.41, 5.74) is 3.79. The fraction of sp³-hybridized carbons (Fsp3) is 0.303. The van der Waals surface area contributed by atoms with Crippen molar-refractivity contribution < 1.29 is 23.5 Å². The van der Waals surface area contributed by atoms with Gasteiger partial charge in [-0.05, 0) is 61.7 Å². The van der Waals surface area contributed by atoms with Crippen molar-refractivity contribution in [3.8, 4) is 22.8 Å². The lowest BCUT2D eigenvalue weighted by Gasteiger charge is -2.23. The zero-order valence-corrected chi connectivity index (χ0v) is 26.2. The molecule has 3 amide bonds. The van der Waals surface area contributed by atoms with Crippen molar-refractivity contribution in [3.05, 3.63) is 82.4 Å². The van der Waals surface area contributed by atoms with E-state index < -0.39 is 17.8 Å². The Morgan fingerprint density at radius 3 is 2.73 bits per heavy atom. The van der Waals surface area contributed by atoms with Gasteiger partial charge in [0.25, 0.3) is 5.91 Å². The van der Waals surface area contributed by atoms with Gasteiger partial charge in [-0.15, -0.1) is 0 Å². The van der Waals surface area contributed by atoms with Crippen molar-refractivity contribution in [1.82, 2.24) is 20.1 Å². The third kappa shape index (κ3) is 6.83. The quantitative estimate of drug-likeness (QED) is 0.219. The molecule has 234 valence electrons. The Balaban J connectivity index is 1.53. The summed E-state index contributed by atoms with van der Waals surface area (Å²) in [6, 6.07) is 13.0. The molecule has 2 bridgehead atoms. The highest BCUT2D eigenvalue weighted by Gasteiger charge is 2.25. The van der Waals surface area contributed by atoms with E-state index in [4.69, 9.17) is 16.3 Å². The number of benzene rings is 2. The molecule has 0 aliphatic carbocycles. The molecule has 5 rings (SSSR count). The molecule has 0 saturated carbocycles. The second-order valence-electron chi connectivity index (χ2n) is 11.0. The first kappa shape index (κ1) is 31.6. The number of halogens is 2. The van der Waals surface area contributed by atoms with Crippen molar-refractivity contribution >= 4 is 40.7 Å². The van der Waals surface area contributed by atoms with Crippen LogP contribution in [0.4, 0.5) is 15.8 Å². The molecule has 0 saturated heterocycles. The van der Waals surface area contributed by atoms with E-state index in [9.17, 15) is 18.8 Å². The average Bonchev–Trinajstić information content (AvgIpc) is 3.41. The van der Waals surface area contributed by atoms with Crippen LogP contribution in [0.2, 0.25) is 5.02 Å². The Hall–Kier alpha value is -4.77. The zero-order valence-electron chi connectivity index (χ0n) is 25.4. The van der Waals surface area contributed by atoms with Crippen LogP contribution in [0.5, 0.6) is 5.88 Å². The monoisotopic (exact) mass is 632 g/mol. The molecule has 1 aliphatic rings. The number of ether oxygens (including phenoxy) is 1. The molecular weight excluding hydrogens is 599 g/mol. The summed E-state index contributed by atoms with van der Waals surface area (Å²) in [7, 11) is 1.51. The highest BCUT2D eigenvalue weighted by molar-refractivity contribution is 6.30. The topological polar surface area (TPSA) is 127 Å². The number of fused-ring (bicyclic) bond motifs is 4. The van der Waals surface area contributed by atoms with Crippen LogP contribution >= 0.6 is 11.6 Å². The average molecular weight is 633 g/mol. The summed E-state index contributed by atoms with van der Waals surface area (Å²) in [5, 5.41) is 13.2. The number of hydrogen-bond acceptors (Lipinski definition) is 6. The molecule has 2 aromatic heterocycles. The first-order valence-electron chi connectivity index (χ1n) is 14.7. The Morgan fingerprint density at radius 2 is 1.98 bits per heavy atom. The number of nitrogens with zero attached hydrogens (tertiary/aromatic N) is 3. The number of methoxy groups -OCH3 is 1. The summed E-state index contributed by atoms with van der Waals surface area (Å²) < 4.78 is 21.6. The van der Waals surface area contributed by atoms with Gasteiger partial charge in [0.1, 0.15) is 5.69 Å². The van der Waals surface area contributed by atoms with Gasteiger partial charge in [-0.25, -0.2) is 14.1 Å². The van der Waals surface area contributed by atoms with Crippen LogP contribution in [-0.2, 0) is 9.59 Å². The van der Waals surface area contributed by atoms with Gasteiger partial charge in [0.05, 0.1) is 47.0 Å². The number of hydrogen-bond donors (Lipinski definition) is 3. The number of pyridine rings is 1. The van der Waals surface area contributed by atoms with Crippen LogP contribution in [0.15, 0.2) is 54.7 Å². The summed E-state index contributed by atoms with van der Waals surface area (Å²) in [5.74, 6) is -1.34. The molecule has 3 heterocycles. The number of aromatic nitrogens is 3. The van der Waals surface area contributed by atoms with Crippen LogP contribution < -0.4 is 20.7 Å². The first-order valence-corrected chi connectivity index (χ1v) is 15.1. The minimum absolute atomic E-state index is 0.0459. The minimum Gasteiger partial charge on any atom is -0.481 e. The van der Waals surface area contributed by atoms with Crippen molar-refractivity contribution in [2.75, 3.05) is 17.7 Å². The maximum Gasteiger partial charge on any atom is 0.255 e. The number of carbonyl (C=O) groups is 3.